The van der Waals surface area contributed by atoms with Gasteiger partial charge in [-0.2, -0.15) is 0 Å². The lowest BCUT2D eigenvalue weighted by atomic mass is 9.98. The van der Waals surface area contributed by atoms with E-state index < -0.39 is 8.07 Å². The summed E-state index contributed by atoms with van der Waals surface area (Å²) in [6.07, 6.45) is 13.7. The van der Waals surface area contributed by atoms with Crippen molar-refractivity contribution in [3.63, 3.8) is 0 Å². The number of hydrogen-bond donors (Lipinski definition) is 0. The first kappa shape index (κ1) is 13.6. The molecule has 0 bridgehead atoms. The van der Waals surface area contributed by atoms with Crippen molar-refractivity contribution in [2.45, 2.75) is 45.0 Å². The molecular formula is C16H24OSi. The Morgan fingerprint density at radius 1 is 1.22 bits per heavy atom. The minimum Gasteiger partial charge on any atom is -0.377 e. The summed E-state index contributed by atoms with van der Waals surface area (Å²) in [6.45, 7) is 9.27. The molecule has 0 saturated heterocycles. The minimum atomic E-state index is -1.67. The molecule has 0 amide bonds. The lowest BCUT2D eigenvalue weighted by Gasteiger charge is -2.47. The van der Waals surface area contributed by atoms with Crippen LogP contribution in [0, 0.1) is 0 Å². The van der Waals surface area contributed by atoms with Crippen molar-refractivity contribution in [3.8, 4) is 0 Å². The fourth-order valence-electron chi connectivity index (χ4n) is 3.38. The van der Waals surface area contributed by atoms with Crippen molar-refractivity contribution < 1.29 is 4.74 Å². The summed E-state index contributed by atoms with van der Waals surface area (Å²) >= 11 is 0. The van der Waals surface area contributed by atoms with Gasteiger partial charge in [-0.1, -0.05) is 54.2 Å². The van der Waals surface area contributed by atoms with Crippen LogP contribution in [0.2, 0.25) is 13.1 Å². The largest absolute Gasteiger partial charge is 0.377 e. The van der Waals surface area contributed by atoms with Crippen molar-refractivity contribution in [1.29, 1.82) is 0 Å². The number of allylic oxidation sites excluding steroid dienone is 6. The van der Waals surface area contributed by atoms with Gasteiger partial charge in [-0.05, 0) is 32.3 Å². The molecule has 2 heteroatoms. The van der Waals surface area contributed by atoms with E-state index in [1.807, 2.05) is 7.11 Å². The van der Waals surface area contributed by atoms with Gasteiger partial charge in [0.05, 0.1) is 5.22 Å². The summed E-state index contributed by atoms with van der Waals surface area (Å²) in [7, 11) is 0.202. The summed E-state index contributed by atoms with van der Waals surface area (Å²) in [4.78, 5) is 0. The van der Waals surface area contributed by atoms with Crippen LogP contribution in [0.5, 0.6) is 0 Å². The van der Waals surface area contributed by atoms with E-state index in [4.69, 9.17) is 4.74 Å². The third-order valence-electron chi connectivity index (χ3n) is 4.64. The van der Waals surface area contributed by atoms with Gasteiger partial charge in [0.15, 0.2) is 0 Å². The van der Waals surface area contributed by atoms with E-state index in [1.165, 1.54) is 16.3 Å². The molecule has 0 aliphatic heterocycles. The predicted molar refractivity (Wildman–Crippen MR) is 81.2 cm³/mol. The molecule has 2 aliphatic carbocycles. The molecule has 0 heterocycles. The van der Waals surface area contributed by atoms with Crippen molar-refractivity contribution in [2.75, 3.05) is 7.11 Å². The Bertz CT molecular complexity index is 465. The quantitative estimate of drug-likeness (QED) is 0.686. The van der Waals surface area contributed by atoms with E-state index >= 15 is 0 Å². The maximum Gasteiger partial charge on any atom is 0.122 e. The van der Waals surface area contributed by atoms with E-state index in [9.17, 15) is 0 Å². The highest BCUT2D eigenvalue weighted by Crippen LogP contribution is 2.43. The Morgan fingerprint density at radius 2 is 1.94 bits per heavy atom. The molecule has 2 rings (SSSR count). The first-order valence-electron chi connectivity index (χ1n) is 6.72. The summed E-state index contributed by atoms with van der Waals surface area (Å²) in [5, 5.41) is 1.46. The monoisotopic (exact) mass is 260 g/mol. The Hall–Kier alpha value is -0.863. The zero-order valence-corrected chi connectivity index (χ0v) is 13.2. The molecule has 1 unspecified atom stereocenters. The van der Waals surface area contributed by atoms with Gasteiger partial charge >= 0.3 is 0 Å². The molecule has 1 nitrogen and oxygen atoms in total. The van der Waals surface area contributed by atoms with Crippen LogP contribution in [-0.4, -0.2) is 20.4 Å². The summed E-state index contributed by atoms with van der Waals surface area (Å²) in [5.41, 5.74) is 2.75. The molecular weight excluding hydrogens is 236 g/mol. The number of methoxy groups -OCH3 is 1. The molecule has 0 aromatic carbocycles. The maximum absolute atomic E-state index is 6.09. The fraction of sp³-hybridized carbons (Fsp3) is 0.500. The smallest absolute Gasteiger partial charge is 0.122 e. The SMILES string of the molecule is COC1([Si](C)(C)C2=CCC=C2)CC=C(C)C=C1C. The first-order valence-corrected chi connectivity index (χ1v) is 9.72. The van der Waals surface area contributed by atoms with Crippen LogP contribution >= 0.6 is 0 Å². The normalized spacial score (nSPS) is 27.9. The van der Waals surface area contributed by atoms with Crippen molar-refractivity contribution in [1.82, 2.24) is 0 Å². The predicted octanol–water partition coefficient (Wildman–Crippen LogP) is 4.34. The second kappa shape index (κ2) is 4.67. The molecule has 0 N–H and O–H groups in total. The lowest BCUT2D eigenvalue weighted by Crippen LogP contribution is -2.58. The van der Waals surface area contributed by atoms with Gasteiger partial charge in [0.2, 0.25) is 0 Å². The first-order chi connectivity index (χ1) is 8.44. The molecule has 0 aromatic heterocycles. The van der Waals surface area contributed by atoms with Crippen LogP contribution in [0.15, 0.2) is 46.7 Å². The van der Waals surface area contributed by atoms with E-state index in [1.54, 1.807) is 0 Å². The van der Waals surface area contributed by atoms with E-state index in [0.29, 0.717) is 0 Å². The Morgan fingerprint density at radius 3 is 2.44 bits per heavy atom. The second-order valence-electron chi connectivity index (χ2n) is 5.93. The molecule has 0 spiro atoms. The van der Waals surface area contributed by atoms with Crippen LogP contribution in [0.25, 0.3) is 0 Å². The molecule has 0 saturated carbocycles. The highest BCUT2D eigenvalue weighted by molar-refractivity contribution is 6.88. The summed E-state index contributed by atoms with van der Waals surface area (Å²) in [5.74, 6) is 0. The van der Waals surface area contributed by atoms with Gasteiger partial charge in [0.25, 0.3) is 0 Å². The van der Waals surface area contributed by atoms with Crippen LogP contribution in [0.3, 0.4) is 0 Å². The van der Waals surface area contributed by atoms with Gasteiger partial charge in [-0.15, -0.1) is 0 Å². The third kappa shape index (κ3) is 1.88. The third-order valence-corrected chi connectivity index (χ3v) is 9.28. The van der Waals surface area contributed by atoms with Crippen LogP contribution in [0.1, 0.15) is 26.7 Å². The zero-order valence-electron chi connectivity index (χ0n) is 12.2. The zero-order chi connectivity index (χ0) is 13.4. The van der Waals surface area contributed by atoms with E-state index in [-0.39, 0.29) is 5.22 Å². The van der Waals surface area contributed by atoms with Crippen molar-refractivity contribution in [3.05, 3.63) is 46.7 Å². The van der Waals surface area contributed by atoms with Crippen molar-refractivity contribution >= 4 is 8.07 Å². The number of hydrogen-bond acceptors (Lipinski definition) is 1. The number of rotatable bonds is 3. The lowest BCUT2D eigenvalue weighted by molar-refractivity contribution is 0.0852. The number of ether oxygens (including phenoxy) is 1. The molecule has 2 aliphatic rings. The molecule has 98 valence electrons. The Labute approximate surface area is 112 Å². The van der Waals surface area contributed by atoms with E-state index in [2.05, 4.69) is 57.3 Å². The average Bonchev–Trinajstić information content (AvgIpc) is 2.83. The molecule has 18 heavy (non-hydrogen) atoms. The maximum atomic E-state index is 6.09. The highest BCUT2D eigenvalue weighted by atomic mass is 28.3. The van der Waals surface area contributed by atoms with Gasteiger partial charge in [0, 0.05) is 7.11 Å². The Balaban J connectivity index is 2.45. The van der Waals surface area contributed by atoms with Gasteiger partial charge in [0.1, 0.15) is 8.07 Å². The molecule has 0 fully saturated rings. The van der Waals surface area contributed by atoms with E-state index in [0.717, 1.165) is 12.8 Å². The Kier molecular flexibility index (Phi) is 3.52. The van der Waals surface area contributed by atoms with Crippen LogP contribution < -0.4 is 0 Å². The van der Waals surface area contributed by atoms with Crippen LogP contribution in [0.4, 0.5) is 0 Å². The second-order valence-corrected chi connectivity index (χ2v) is 10.6. The highest BCUT2D eigenvalue weighted by Gasteiger charge is 2.50. The molecule has 1 atom stereocenters. The molecule has 0 radical (unpaired) electrons. The molecule has 0 aromatic rings. The summed E-state index contributed by atoms with van der Waals surface area (Å²) in [6, 6.07) is 0. The fourth-order valence-corrected chi connectivity index (χ4v) is 7.19. The van der Waals surface area contributed by atoms with Gasteiger partial charge < -0.3 is 4.74 Å². The standard InChI is InChI=1S/C16H24OSi/c1-13-10-11-16(17-3,14(2)12-13)18(4,5)15-8-6-7-9-15/h6,8-10,12H,7,11H2,1-5H3. The minimum absolute atomic E-state index is 0.0764. The van der Waals surface area contributed by atoms with Crippen molar-refractivity contribution in [2.24, 2.45) is 0 Å². The topological polar surface area (TPSA) is 9.23 Å². The summed E-state index contributed by atoms with van der Waals surface area (Å²) < 4.78 is 6.09. The van der Waals surface area contributed by atoms with Crippen LogP contribution in [-0.2, 0) is 4.74 Å². The van der Waals surface area contributed by atoms with Gasteiger partial charge in [-0.3, -0.25) is 0 Å². The average molecular weight is 260 g/mol. The van der Waals surface area contributed by atoms with Gasteiger partial charge in [-0.25, -0.2) is 0 Å².